The molecular weight excluding hydrogens is 479 g/mol. The average Bonchev–Trinajstić information content (AvgIpc) is 3.02. The summed E-state index contributed by atoms with van der Waals surface area (Å²) in [5.74, 6) is -0.835. The molecule has 1 aromatic heterocycles. The molecule has 3 aromatic rings. The molecule has 0 aliphatic carbocycles. The summed E-state index contributed by atoms with van der Waals surface area (Å²) in [6.07, 6.45) is -3.34. The number of halogens is 3. The Hall–Kier alpha value is -4.61. The number of amides is 5. The van der Waals surface area contributed by atoms with Crippen molar-refractivity contribution >= 4 is 35.2 Å². The van der Waals surface area contributed by atoms with Gasteiger partial charge >= 0.3 is 18.4 Å². The summed E-state index contributed by atoms with van der Waals surface area (Å²) in [7, 11) is 0. The van der Waals surface area contributed by atoms with Crippen molar-refractivity contribution < 1.29 is 32.3 Å². The quantitative estimate of drug-likeness (QED) is 0.427. The highest BCUT2D eigenvalue weighted by molar-refractivity contribution is 6.23. The van der Waals surface area contributed by atoms with Crippen LogP contribution < -0.4 is 25.6 Å². The lowest BCUT2D eigenvalue weighted by Gasteiger charge is -2.22. The highest BCUT2D eigenvalue weighted by Crippen LogP contribution is 2.30. The van der Waals surface area contributed by atoms with Gasteiger partial charge in [-0.1, -0.05) is 18.2 Å². The summed E-state index contributed by atoms with van der Waals surface area (Å²) in [5.41, 5.74) is -0.0586. The van der Waals surface area contributed by atoms with Gasteiger partial charge in [0.05, 0.1) is 5.69 Å². The summed E-state index contributed by atoms with van der Waals surface area (Å²) in [6.45, 7) is 1.53. The molecule has 0 bridgehead atoms. The van der Waals surface area contributed by atoms with Crippen LogP contribution in [0.4, 0.5) is 40.0 Å². The normalized spacial score (nSPS) is 17.5. The zero-order valence-corrected chi connectivity index (χ0v) is 18.8. The first-order valence-corrected chi connectivity index (χ1v) is 10.6. The molecule has 5 amide bonds. The van der Waals surface area contributed by atoms with Gasteiger partial charge in [0.15, 0.2) is 0 Å². The van der Waals surface area contributed by atoms with Gasteiger partial charge in [0.2, 0.25) is 0 Å². The fourth-order valence-electron chi connectivity index (χ4n) is 3.70. The number of nitrogens with zero attached hydrogens (tertiary/aromatic N) is 2. The number of pyridine rings is 1. The molecule has 186 valence electrons. The van der Waals surface area contributed by atoms with Crippen LogP contribution in [0.15, 0.2) is 72.9 Å². The number of rotatable bonds is 6. The Labute approximate surface area is 203 Å². The second-order valence-corrected chi connectivity index (χ2v) is 8.12. The number of hydrogen-bond donors (Lipinski definition) is 3. The maximum atomic E-state index is 13.2. The Bertz CT molecular complexity index is 1280. The Morgan fingerprint density at radius 1 is 1.06 bits per heavy atom. The van der Waals surface area contributed by atoms with E-state index in [-0.39, 0.29) is 17.9 Å². The van der Waals surface area contributed by atoms with E-state index in [4.69, 9.17) is 0 Å². The maximum absolute atomic E-state index is 13.2. The van der Waals surface area contributed by atoms with Crippen LogP contribution in [0.1, 0.15) is 12.5 Å². The van der Waals surface area contributed by atoms with Crippen LogP contribution >= 0.6 is 0 Å². The number of urea groups is 2. The average molecular weight is 499 g/mol. The molecule has 1 fully saturated rings. The predicted molar refractivity (Wildman–Crippen MR) is 125 cm³/mol. The Morgan fingerprint density at radius 2 is 1.75 bits per heavy atom. The monoisotopic (exact) mass is 499 g/mol. The van der Waals surface area contributed by atoms with Gasteiger partial charge in [0, 0.05) is 18.3 Å². The number of ether oxygens (including phenoxy) is 1. The number of hydrogen-bond acceptors (Lipinski definition) is 5. The van der Waals surface area contributed by atoms with Crippen molar-refractivity contribution in [3.63, 3.8) is 0 Å². The van der Waals surface area contributed by atoms with Gasteiger partial charge in [0.1, 0.15) is 17.1 Å². The first kappa shape index (κ1) is 24.5. The highest BCUT2D eigenvalue weighted by atomic mass is 19.4. The summed E-state index contributed by atoms with van der Waals surface area (Å²) >= 11 is 0. The fourth-order valence-corrected chi connectivity index (χ4v) is 3.70. The number of anilines is 3. The molecule has 0 spiro atoms. The van der Waals surface area contributed by atoms with E-state index in [9.17, 15) is 27.6 Å². The molecule has 1 aliphatic heterocycles. The number of imide groups is 1. The van der Waals surface area contributed by atoms with Gasteiger partial charge in [-0.25, -0.2) is 19.5 Å². The van der Waals surface area contributed by atoms with E-state index in [1.807, 2.05) is 6.07 Å². The van der Waals surface area contributed by atoms with Gasteiger partial charge in [-0.3, -0.25) is 10.1 Å². The summed E-state index contributed by atoms with van der Waals surface area (Å²) in [5, 5.41) is 7.90. The van der Waals surface area contributed by atoms with Crippen LogP contribution in [0.5, 0.6) is 5.75 Å². The minimum absolute atomic E-state index is 0.0703. The lowest BCUT2D eigenvalue weighted by Crippen LogP contribution is -2.46. The third-order valence-electron chi connectivity index (χ3n) is 5.24. The van der Waals surface area contributed by atoms with E-state index < -0.39 is 35.6 Å². The molecule has 2 heterocycles. The third kappa shape index (κ3) is 5.71. The van der Waals surface area contributed by atoms with Crippen molar-refractivity contribution in [2.24, 2.45) is 0 Å². The highest BCUT2D eigenvalue weighted by Gasteiger charge is 2.48. The topological polar surface area (TPSA) is 113 Å². The second-order valence-electron chi connectivity index (χ2n) is 8.12. The van der Waals surface area contributed by atoms with E-state index >= 15 is 0 Å². The largest absolute Gasteiger partial charge is 0.573 e. The molecule has 0 saturated carbocycles. The lowest BCUT2D eigenvalue weighted by atomic mass is 9.93. The summed E-state index contributed by atoms with van der Waals surface area (Å²) in [4.78, 5) is 43.0. The summed E-state index contributed by atoms with van der Waals surface area (Å²) in [6, 6.07) is 15.2. The van der Waals surface area contributed by atoms with E-state index in [1.54, 1.807) is 36.4 Å². The molecule has 9 nitrogen and oxygen atoms in total. The molecule has 3 N–H and O–H groups in total. The molecule has 0 radical (unpaired) electrons. The van der Waals surface area contributed by atoms with Crippen molar-refractivity contribution in [3.8, 4) is 5.75 Å². The molecule has 1 aliphatic rings. The van der Waals surface area contributed by atoms with Crippen LogP contribution in [0, 0.1) is 0 Å². The molecule has 4 rings (SSSR count). The zero-order chi connectivity index (χ0) is 25.9. The molecule has 1 atom stereocenters. The first-order valence-electron chi connectivity index (χ1n) is 10.6. The van der Waals surface area contributed by atoms with Crippen LogP contribution in [0.3, 0.4) is 0 Å². The molecule has 2 aromatic carbocycles. The number of alkyl halides is 3. The Morgan fingerprint density at radius 3 is 2.42 bits per heavy atom. The van der Waals surface area contributed by atoms with E-state index in [1.165, 1.54) is 25.3 Å². The summed E-state index contributed by atoms with van der Waals surface area (Å²) < 4.78 is 41.0. The second kappa shape index (κ2) is 9.56. The van der Waals surface area contributed by atoms with E-state index in [2.05, 4.69) is 25.7 Å². The molecule has 1 saturated heterocycles. The van der Waals surface area contributed by atoms with Crippen molar-refractivity contribution in [3.05, 3.63) is 78.5 Å². The Balaban J connectivity index is 1.44. The molecule has 1 unspecified atom stereocenters. The minimum atomic E-state index is -4.86. The van der Waals surface area contributed by atoms with Crippen LogP contribution in [0.25, 0.3) is 0 Å². The van der Waals surface area contributed by atoms with Crippen LogP contribution in [-0.2, 0) is 11.2 Å². The number of benzene rings is 2. The maximum Gasteiger partial charge on any atom is 0.573 e. The van der Waals surface area contributed by atoms with E-state index in [0.717, 1.165) is 17.0 Å². The molecule has 12 heteroatoms. The number of para-hydroxylation sites is 1. The molecular formula is C24H20F3N5O4. The number of carbonyl (C=O) groups is 3. The van der Waals surface area contributed by atoms with Crippen LogP contribution in [0.2, 0.25) is 0 Å². The number of carbonyl (C=O) groups excluding carboxylic acids is 3. The van der Waals surface area contributed by atoms with Crippen molar-refractivity contribution in [2.45, 2.75) is 25.2 Å². The van der Waals surface area contributed by atoms with Gasteiger partial charge in [-0.2, -0.15) is 0 Å². The van der Waals surface area contributed by atoms with Crippen molar-refractivity contribution in [2.75, 3.05) is 15.5 Å². The zero-order valence-electron chi connectivity index (χ0n) is 18.8. The van der Waals surface area contributed by atoms with E-state index in [0.29, 0.717) is 11.3 Å². The number of aromatic nitrogens is 1. The predicted octanol–water partition coefficient (Wildman–Crippen LogP) is 4.68. The Kier molecular flexibility index (Phi) is 6.51. The van der Waals surface area contributed by atoms with Crippen molar-refractivity contribution in [1.82, 2.24) is 10.3 Å². The standard InChI is InChI=1S/C24H20F3N5O4/c1-23(14-15-11-12-28-19(13-15)30-21(34)29-16-5-3-2-4-6-16)20(33)32(22(35)31-23)17-7-9-18(10-8-17)36-24(25,26)27/h2-13H,14H2,1H3,(H,31,35)(H2,28,29,30,34). The van der Waals surface area contributed by atoms with Gasteiger partial charge in [-0.15, -0.1) is 13.2 Å². The minimum Gasteiger partial charge on any atom is -0.406 e. The van der Waals surface area contributed by atoms with Gasteiger partial charge in [-0.05, 0) is 61.0 Å². The third-order valence-corrected chi connectivity index (χ3v) is 5.24. The smallest absolute Gasteiger partial charge is 0.406 e. The first-order chi connectivity index (χ1) is 17.0. The lowest BCUT2D eigenvalue weighted by molar-refractivity contribution is -0.274. The SMILES string of the molecule is CC1(Cc2ccnc(NC(=O)Nc3ccccc3)c2)NC(=O)N(c2ccc(OC(F)(F)F)cc2)C1=O. The van der Waals surface area contributed by atoms with Crippen LogP contribution in [-0.4, -0.2) is 34.9 Å². The van der Waals surface area contributed by atoms with Crippen molar-refractivity contribution in [1.29, 1.82) is 0 Å². The fraction of sp³-hybridized carbons (Fsp3) is 0.167. The van der Waals surface area contributed by atoms with Gasteiger partial charge < -0.3 is 15.4 Å². The molecule has 36 heavy (non-hydrogen) atoms. The number of nitrogens with one attached hydrogen (secondary N) is 3. The van der Waals surface area contributed by atoms with Gasteiger partial charge in [0.25, 0.3) is 5.91 Å².